The van der Waals surface area contributed by atoms with Crippen LogP contribution >= 0.6 is 0 Å². The Kier molecular flexibility index (Phi) is 2.91. The topological polar surface area (TPSA) is 33.1 Å². The number of nitrogens with zero attached hydrogens (tertiary/aromatic N) is 1. The van der Waals surface area contributed by atoms with E-state index >= 15 is 0 Å². The summed E-state index contributed by atoms with van der Waals surface area (Å²) in [5, 5.41) is 10.9. The van der Waals surface area contributed by atoms with Crippen LogP contribution < -0.4 is 0 Å². The highest BCUT2D eigenvalue weighted by atomic mass is 16.3. The molecule has 1 atom stereocenters. The third kappa shape index (κ3) is 1.99. The van der Waals surface area contributed by atoms with Gasteiger partial charge in [0.1, 0.15) is 0 Å². The highest BCUT2D eigenvalue weighted by molar-refractivity contribution is 5.28. The quantitative estimate of drug-likeness (QED) is 0.805. The van der Waals surface area contributed by atoms with E-state index < -0.39 is 5.60 Å². The van der Waals surface area contributed by atoms with Crippen LogP contribution in [0.3, 0.4) is 0 Å². The summed E-state index contributed by atoms with van der Waals surface area (Å²) in [6, 6.07) is 4.20. The second-order valence-electron chi connectivity index (χ2n) is 5.66. The van der Waals surface area contributed by atoms with E-state index in [-0.39, 0.29) is 5.92 Å². The lowest BCUT2D eigenvalue weighted by Gasteiger charge is -2.41. The van der Waals surface area contributed by atoms with Gasteiger partial charge in [0, 0.05) is 17.8 Å². The van der Waals surface area contributed by atoms with Gasteiger partial charge in [-0.15, -0.1) is 0 Å². The van der Waals surface area contributed by atoms with Gasteiger partial charge < -0.3 is 5.11 Å². The van der Waals surface area contributed by atoms with E-state index in [2.05, 4.69) is 11.1 Å². The SMILES string of the molecule is OC1(C2CCCc3cccnc32)CCCCC1. The molecule has 1 aromatic heterocycles. The molecule has 2 aliphatic carbocycles. The zero-order valence-corrected chi connectivity index (χ0v) is 10.4. The maximum absolute atomic E-state index is 10.9. The van der Waals surface area contributed by atoms with E-state index in [0.717, 1.165) is 25.7 Å². The molecule has 2 heteroatoms. The van der Waals surface area contributed by atoms with Crippen molar-refractivity contribution >= 4 is 0 Å². The molecular weight excluding hydrogens is 210 g/mol. The Labute approximate surface area is 103 Å². The summed E-state index contributed by atoms with van der Waals surface area (Å²) < 4.78 is 0. The Morgan fingerprint density at radius 1 is 1.18 bits per heavy atom. The Morgan fingerprint density at radius 3 is 2.82 bits per heavy atom. The molecule has 92 valence electrons. The van der Waals surface area contributed by atoms with Crippen LogP contribution in [0.5, 0.6) is 0 Å². The molecule has 1 fully saturated rings. The lowest BCUT2D eigenvalue weighted by Crippen LogP contribution is -2.40. The molecule has 3 rings (SSSR count). The average Bonchev–Trinajstić information content (AvgIpc) is 2.39. The zero-order chi connectivity index (χ0) is 11.7. The fourth-order valence-corrected chi connectivity index (χ4v) is 3.64. The van der Waals surface area contributed by atoms with E-state index in [1.54, 1.807) is 0 Å². The Morgan fingerprint density at radius 2 is 2.00 bits per heavy atom. The molecule has 1 heterocycles. The van der Waals surface area contributed by atoms with Crippen molar-refractivity contribution in [2.24, 2.45) is 0 Å². The van der Waals surface area contributed by atoms with Gasteiger partial charge in [0.2, 0.25) is 0 Å². The number of pyridine rings is 1. The summed E-state index contributed by atoms with van der Waals surface area (Å²) in [7, 11) is 0. The monoisotopic (exact) mass is 231 g/mol. The predicted octanol–water partition coefficient (Wildman–Crippen LogP) is 3.20. The number of hydrogen-bond acceptors (Lipinski definition) is 2. The summed E-state index contributed by atoms with van der Waals surface area (Å²) in [6.07, 6.45) is 10.9. The fraction of sp³-hybridized carbons (Fsp3) is 0.667. The molecule has 1 unspecified atom stereocenters. The highest BCUT2D eigenvalue weighted by Crippen LogP contribution is 2.44. The fourth-order valence-electron chi connectivity index (χ4n) is 3.64. The molecule has 2 aliphatic rings. The first-order valence-electron chi connectivity index (χ1n) is 6.96. The summed E-state index contributed by atoms with van der Waals surface area (Å²) >= 11 is 0. The van der Waals surface area contributed by atoms with E-state index in [4.69, 9.17) is 0 Å². The van der Waals surface area contributed by atoms with E-state index in [0.29, 0.717) is 0 Å². The normalized spacial score (nSPS) is 27.5. The van der Waals surface area contributed by atoms with Gasteiger partial charge in [-0.25, -0.2) is 0 Å². The van der Waals surface area contributed by atoms with E-state index in [9.17, 15) is 5.11 Å². The highest BCUT2D eigenvalue weighted by Gasteiger charge is 2.41. The molecular formula is C15H21NO. The van der Waals surface area contributed by atoms with Gasteiger partial charge in [0.15, 0.2) is 0 Å². The number of aliphatic hydroxyl groups is 1. The van der Waals surface area contributed by atoms with E-state index in [1.165, 1.54) is 36.9 Å². The van der Waals surface area contributed by atoms with Crippen LogP contribution in [0, 0.1) is 0 Å². The summed E-state index contributed by atoms with van der Waals surface area (Å²) in [6.45, 7) is 0. The van der Waals surface area contributed by atoms with Crippen molar-refractivity contribution in [3.8, 4) is 0 Å². The first-order chi connectivity index (χ1) is 8.30. The molecule has 0 aromatic carbocycles. The maximum Gasteiger partial charge on any atom is 0.0731 e. The number of aromatic nitrogens is 1. The van der Waals surface area contributed by atoms with Gasteiger partial charge in [0.05, 0.1) is 5.60 Å². The molecule has 1 N–H and O–H groups in total. The molecule has 0 radical (unpaired) electrons. The van der Waals surface area contributed by atoms with Gasteiger partial charge in [0.25, 0.3) is 0 Å². The summed E-state index contributed by atoms with van der Waals surface area (Å²) in [5.74, 6) is 0.285. The predicted molar refractivity (Wildman–Crippen MR) is 68.0 cm³/mol. The molecule has 0 aliphatic heterocycles. The third-order valence-corrected chi connectivity index (χ3v) is 4.56. The molecule has 0 spiro atoms. The summed E-state index contributed by atoms with van der Waals surface area (Å²) in [4.78, 5) is 4.56. The minimum atomic E-state index is -0.470. The third-order valence-electron chi connectivity index (χ3n) is 4.56. The van der Waals surface area contributed by atoms with Crippen LogP contribution in [0.2, 0.25) is 0 Å². The second-order valence-corrected chi connectivity index (χ2v) is 5.66. The minimum Gasteiger partial charge on any atom is -0.389 e. The first kappa shape index (κ1) is 11.2. The van der Waals surface area contributed by atoms with Crippen LogP contribution in [0.25, 0.3) is 0 Å². The Hall–Kier alpha value is -0.890. The van der Waals surface area contributed by atoms with Crippen molar-refractivity contribution in [2.75, 3.05) is 0 Å². The van der Waals surface area contributed by atoms with Crippen molar-refractivity contribution in [1.82, 2.24) is 4.98 Å². The summed E-state index contributed by atoms with van der Waals surface area (Å²) in [5.41, 5.74) is 2.08. The van der Waals surface area contributed by atoms with Crippen molar-refractivity contribution in [3.63, 3.8) is 0 Å². The van der Waals surface area contributed by atoms with Crippen LogP contribution in [0.15, 0.2) is 18.3 Å². The van der Waals surface area contributed by atoms with Crippen molar-refractivity contribution in [3.05, 3.63) is 29.6 Å². The number of fused-ring (bicyclic) bond motifs is 1. The minimum absolute atomic E-state index is 0.285. The Bertz CT molecular complexity index is 396. The lowest BCUT2D eigenvalue weighted by atomic mass is 9.69. The second kappa shape index (κ2) is 4.41. The van der Waals surface area contributed by atoms with Crippen LogP contribution in [-0.2, 0) is 6.42 Å². The number of aryl methyl sites for hydroxylation is 1. The number of hydrogen-bond donors (Lipinski definition) is 1. The lowest BCUT2D eigenvalue weighted by molar-refractivity contribution is -0.0275. The van der Waals surface area contributed by atoms with Crippen LogP contribution in [0.1, 0.15) is 62.1 Å². The largest absolute Gasteiger partial charge is 0.389 e. The van der Waals surface area contributed by atoms with Crippen LogP contribution in [-0.4, -0.2) is 15.7 Å². The van der Waals surface area contributed by atoms with Gasteiger partial charge in [-0.3, -0.25) is 4.98 Å². The molecule has 0 bridgehead atoms. The molecule has 0 amide bonds. The molecule has 1 saturated carbocycles. The zero-order valence-electron chi connectivity index (χ0n) is 10.4. The van der Waals surface area contributed by atoms with Gasteiger partial charge in [-0.05, 0) is 43.7 Å². The maximum atomic E-state index is 10.9. The Balaban J connectivity index is 1.94. The molecule has 2 nitrogen and oxygen atoms in total. The van der Waals surface area contributed by atoms with Gasteiger partial charge in [-0.1, -0.05) is 25.3 Å². The van der Waals surface area contributed by atoms with E-state index in [1.807, 2.05) is 12.3 Å². The van der Waals surface area contributed by atoms with Gasteiger partial charge in [-0.2, -0.15) is 0 Å². The first-order valence-corrected chi connectivity index (χ1v) is 6.96. The van der Waals surface area contributed by atoms with Crippen molar-refractivity contribution in [1.29, 1.82) is 0 Å². The standard InChI is InChI=1S/C15H21NO/c17-15(9-2-1-3-10-15)13-8-4-6-12-7-5-11-16-14(12)13/h5,7,11,13,17H,1-4,6,8-10H2. The smallest absolute Gasteiger partial charge is 0.0731 e. The van der Waals surface area contributed by atoms with Crippen molar-refractivity contribution < 1.29 is 5.11 Å². The number of rotatable bonds is 1. The van der Waals surface area contributed by atoms with Crippen LogP contribution in [0.4, 0.5) is 0 Å². The molecule has 17 heavy (non-hydrogen) atoms. The molecule has 0 saturated heterocycles. The average molecular weight is 231 g/mol. The van der Waals surface area contributed by atoms with Crippen molar-refractivity contribution in [2.45, 2.75) is 62.9 Å². The van der Waals surface area contributed by atoms with Gasteiger partial charge >= 0.3 is 0 Å². The molecule has 1 aromatic rings.